The predicted molar refractivity (Wildman–Crippen MR) is 109 cm³/mol. The normalized spacial score (nSPS) is 26.6. The van der Waals surface area contributed by atoms with E-state index in [9.17, 15) is 35.1 Å². The molecular formula is C21H16O13. The van der Waals surface area contributed by atoms with Gasteiger partial charge < -0.3 is 53.3 Å². The van der Waals surface area contributed by atoms with E-state index in [2.05, 4.69) is 0 Å². The largest absolute Gasteiger partial charge is 0.504 e. The molecule has 4 aromatic rings. The van der Waals surface area contributed by atoms with E-state index in [-0.39, 0.29) is 51.0 Å². The number of hydrogen-bond acceptors (Lipinski definition) is 13. The molecule has 0 aliphatic carbocycles. The lowest BCUT2D eigenvalue weighted by atomic mass is 9.99. The first-order valence-corrected chi connectivity index (χ1v) is 10.1. The van der Waals surface area contributed by atoms with Crippen LogP contribution in [0.1, 0.15) is 0 Å². The van der Waals surface area contributed by atoms with Gasteiger partial charge in [0.05, 0.1) is 17.4 Å². The Balaban J connectivity index is 1.61. The van der Waals surface area contributed by atoms with Gasteiger partial charge in [0, 0.05) is 10.8 Å². The molecule has 6 rings (SSSR count). The van der Waals surface area contributed by atoms with Crippen LogP contribution in [-0.4, -0.2) is 69.6 Å². The number of aliphatic hydroxyl groups is 4. The maximum atomic E-state index is 12.8. The van der Waals surface area contributed by atoms with Gasteiger partial charge in [-0.1, -0.05) is 0 Å². The molecule has 4 heterocycles. The first-order chi connectivity index (χ1) is 16.3. The van der Waals surface area contributed by atoms with Crippen molar-refractivity contribution in [2.24, 2.45) is 0 Å². The Bertz CT molecular complexity index is 1550. The SMILES string of the molecule is O=c1oc2c3c(cc4c(=O)oc5c(OC6O[C@@H](CO)[C@H](O)[C@@H](O)[C@@H]6O)c(O)cc1c5c24)OCO3. The van der Waals surface area contributed by atoms with Gasteiger partial charge >= 0.3 is 11.3 Å². The average Bonchev–Trinajstić information content (AvgIpc) is 3.29. The monoisotopic (exact) mass is 476 g/mol. The highest BCUT2D eigenvalue weighted by Crippen LogP contribution is 2.47. The molecule has 2 aliphatic heterocycles. The molecule has 0 bridgehead atoms. The summed E-state index contributed by atoms with van der Waals surface area (Å²) in [6.45, 7) is -0.864. The van der Waals surface area contributed by atoms with Crippen molar-refractivity contribution in [3.05, 3.63) is 33.0 Å². The lowest BCUT2D eigenvalue weighted by Gasteiger charge is -2.39. The zero-order valence-electron chi connectivity index (χ0n) is 17.0. The maximum absolute atomic E-state index is 12.8. The van der Waals surface area contributed by atoms with Gasteiger partial charge in [0.25, 0.3) is 0 Å². The highest BCUT2D eigenvalue weighted by Gasteiger charge is 2.45. The summed E-state index contributed by atoms with van der Waals surface area (Å²) in [7, 11) is 0. The van der Waals surface area contributed by atoms with E-state index in [1.807, 2.05) is 0 Å². The second-order valence-electron chi connectivity index (χ2n) is 7.93. The van der Waals surface area contributed by atoms with Crippen LogP contribution in [0.25, 0.3) is 32.7 Å². The van der Waals surface area contributed by atoms with Crippen molar-refractivity contribution < 1.29 is 53.3 Å². The van der Waals surface area contributed by atoms with Gasteiger partial charge in [0.15, 0.2) is 22.7 Å². The molecule has 13 nitrogen and oxygen atoms in total. The number of fused-ring (bicyclic) bond motifs is 2. The summed E-state index contributed by atoms with van der Waals surface area (Å²) in [5.41, 5.74) is -2.17. The molecule has 1 saturated heterocycles. The Kier molecular flexibility index (Phi) is 4.43. The number of benzene rings is 2. The highest BCUT2D eigenvalue weighted by molar-refractivity contribution is 6.22. The molecule has 0 amide bonds. The first-order valence-electron chi connectivity index (χ1n) is 10.1. The van der Waals surface area contributed by atoms with Crippen LogP contribution in [-0.2, 0) is 4.74 Å². The topological polar surface area (TPSA) is 198 Å². The van der Waals surface area contributed by atoms with Gasteiger partial charge in [-0.2, -0.15) is 0 Å². The van der Waals surface area contributed by atoms with Crippen LogP contribution in [0.15, 0.2) is 30.6 Å². The fourth-order valence-electron chi connectivity index (χ4n) is 4.34. The van der Waals surface area contributed by atoms with Crippen LogP contribution in [0, 0.1) is 0 Å². The number of aromatic hydroxyl groups is 1. The van der Waals surface area contributed by atoms with E-state index in [0.29, 0.717) is 0 Å². The number of aliphatic hydroxyl groups excluding tert-OH is 4. The average molecular weight is 476 g/mol. The van der Waals surface area contributed by atoms with Crippen LogP contribution >= 0.6 is 0 Å². The summed E-state index contributed by atoms with van der Waals surface area (Å²) < 4.78 is 32.3. The van der Waals surface area contributed by atoms with E-state index in [0.717, 1.165) is 6.07 Å². The van der Waals surface area contributed by atoms with Crippen LogP contribution in [0.5, 0.6) is 23.0 Å². The van der Waals surface area contributed by atoms with Gasteiger partial charge in [-0.05, 0) is 12.1 Å². The summed E-state index contributed by atoms with van der Waals surface area (Å²) in [6, 6.07) is 2.40. The number of rotatable bonds is 3. The summed E-state index contributed by atoms with van der Waals surface area (Å²) >= 11 is 0. The van der Waals surface area contributed by atoms with Crippen LogP contribution in [0.2, 0.25) is 0 Å². The van der Waals surface area contributed by atoms with Gasteiger partial charge in [-0.15, -0.1) is 0 Å². The number of hydrogen-bond donors (Lipinski definition) is 5. The second-order valence-corrected chi connectivity index (χ2v) is 7.93. The van der Waals surface area contributed by atoms with Gasteiger partial charge in [-0.25, -0.2) is 9.59 Å². The molecule has 1 fully saturated rings. The third-order valence-corrected chi connectivity index (χ3v) is 6.00. The third kappa shape index (κ3) is 2.72. The minimum atomic E-state index is -1.80. The standard InChI is InChI=1S/C21H16O13/c22-3-9-12(24)13(25)14(26)21(31-9)34-15-7(23)1-5-10-11-6(20(28)32-17(10)15)2-8-16(30-4-29-8)18(11)33-19(5)27/h1-2,9,12-14,21-26H,3-4H2/t9-,12-,13+,14-,21?/m0/s1. The minimum Gasteiger partial charge on any atom is -0.504 e. The third-order valence-electron chi connectivity index (χ3n) is 6.00. The Labute approximate surface area is 186 Å². The van der Waals surface area contributed by atoms with Crippen molar-refractivity contribution in [2.75, 3.05) is 13.4 Å². The predicted octanol–water partition coefficient (Wildman–Crippen LogP) is -0.897. The van der Waals surface area contributed by atoms with Gasteiger partial charge in [0.2, 0.25) is 24.6 Å². The Morgan fingerprint density at radius 3 is 2.32 bits per heavy atom. The summed E-state index contributed by atoms with van der Waals surface area (Å²) in [6.07, 6.45) is -8.17. The van der Waals surface area contributed by atoms with E-state index in [1.54, 1.807) is 0 Å². The Morgan fingerprint density at radius 1 is 0.912 bits per heavy atom. The molecule has 1 unspecified atom stereocenters. The fourth-order valence-corrected chi connectivity index (χ4v) is 4.34. The molecule has 5 N–H and O–H groups in total. The molecule has 0 radical (unpaired) electrons. The van der Waals surface area contributed by atoms with E-state index in [1.165, 1.54) is 6.07 Å². The fraction of sp³-hybridized carbons (Fsp3) is 0.333. The summed E-state index contributed by atoms with van der Waals surface area (Å²) in [5.74, 6) is -0.853. The number of phenolic OH excluding ortho intramolecular Hbond substituents is 1. The highest BCUT2D eigenvalue weighted by atomic mass is 16.7. The number of phenols is 1. The van der Waals surface area contributed by atoms with Crippen LogP contribution in [0.4, 0.5) is 0 Å². The van der Waals surface area contributed by atoms with Crippen molar-refractivity contribution in [1.82, 2.24) is 0 Å². The van der Waals surface area contributed by atoms with Crippen molar-refractivity contribution in [3.8, 4) is 23.0 Å². The molecule has 2 aliphatic rings. The quantitative estimate of drug-likeness (QED) is 0.180. The van der Waals surface area contributed by atoms with Crippen LogP contribution in [0.3, 0.4) is 0 Å². The van der Waals surface area contributed by atoms with E-state index < -0.39 is 60.1 Å². The molecule has 34 heavy (non-hydrogen) atoms. The van der Waals surface area contributed by atoms with E-state index >= 15 is 0 Å². The number of ether oxygens (including phenoxy) is 4. The van der Waals surface area contributed by atoms with Crippen LogP contribution < -0.4 is 25.5 Å². The van der Waals surface area contributed by atoms with Crippen molar-refractivity contribution >= 4 is 32.7 Å². The Hall–Kier alpha value is -3.62. The summed E-state index contributed by atoms with van der Waals surface area (Å²) in [4.78, 5) is 25.6. The van der Waals surface area contributed by atoms with Gasteiger partial charge in [-0.3, -0.25) is 0 Å². The molecular weight excluding hydrogens is 460 g/mol. The Morgan fingerprint density at radius 2 is 1.59 bits per heavy atom. The van der Waals surface area contributed by atoms with Gasteiger partial charge in [0.1, 0.15) is 24.4 Å². The molecule has 0 saturated carbocycles. The minimum absolute atomic E-state index is 0.0185. The molecule has 2 aromatic carbocycles. The smallest absolute Gasteiger partial charge is 0.344 e. The second kappa shape index (κ2) is 7.19. The molecule has 0 spiro atoms. The zero-order valence-corrected chi connectivity index (χ0v) is 17.0. The lowest BCUT2D eigenvalue weighted by Crippen LogP contribution is -2.60. The molecule has 5 atom stereocenters. The molecule has 13 heteroatoms. The zero-order chi connectivity index (χ0) is 23.9. The maximum Gasteiger partial charge on any atom is 0.344 e. The first kappa shape index (κ1) is 20.9. The van der Waals surface area contributed by atoms with Crippen molar-refractivity contribution in [2.45, 2.75) is 30.7 Å². The van der Waals surface area contributed by atoms with Crippen molar-refractivity contribution in [1.29, 1.82) is 0 Å². The lowest BCUT2D eigenvalue weighted by molar-refractivity contribution is -0.277. The van der Waals surface area contributed by atoms with E-state index in [4.69, 9.17) is 27.8 Å². The van der Waals surface area contributed by atoms with Crippen molar-refractivity contribution in [3.63, 3.8) is 0 Å². The molecule has 2 aromatic heterocycles. The molecule has 178 valence electrons. The summed E-state index contributed by atoms with van der Waals surface area (Å²) in [5, 5.41) is 50.4.